The first kappa shape index (κ1) is 22.6. The number of hydrogen-bond donors (Lipinski definition) is 0. The van der Waals surface area contributed by atoms with Gasteiger partial charge in [-0.2, -0.15) is 0 Å². The van der Waals surface area contributed by atoms with Gasteiger partial charge in [-0.15, -0.1) is 0 Å². The zero-order valence-corrected chi connectivity index (χ0v) is 22.9. The molecule has 2 fully saturated rings. The Labute approximate surface area is 196 Å². The Balaban J connectivity index is 1.97. The molecule has 2 saturated heterocycles. The minimum atomic E-state index is -2.59. The fraction of sp³-hybridized carbons (Fsp3) is 0.500. The summed E-state index contributed by atoms with van der Waals surface area (Å²) in [5, 5.41) is 2.78. The first-order valence-electron chi connectivity index (χ1n) is 10.9. The fourth-order valence-electron chi connectivity index (χ4n) is 5.22. The molecule has 2 aliphatic heterocycles. The van der Waals surface area contributed by atoms with Crippen LogP contribution in [0.2, 0.25) is 10.5 Å². The van der Waals surface area contributed by atoms with Gasteiger partial charge in [0.25, 0.3) is 0 Å². The molecule has 0 amide bonds. The number of rotatable bonds is 6. The van der Waals surface area contributed by atoms with Gasteiger partial charge in [-0.05, 0) is 0 Å². The van der Waals surface area contributed by atoms with Crippen molar-refractivity contribution in [2.45, 2.75) is 43.0 Å². The molecule has 29 heavy (non-hydrogen) atoms. The van der Waals surface area contributed by atoms with Gasteiger partial charge in [0.15, 0.2) is 0 Å². The summed E-state index contributed by atoms with van der Waals surface area (Å²) >= 11 is 6.72. The van der Waals surface area contributed by atoms with Crippen LogP contribution in [0.15, 0.2) is 60.7 Å². The van der Waals surface area contributed by atoms with E-state index in [2.05, 4.69) is 122 Å². The molecule has 0 unspecified atom stereocenters. The van der Waals surface area contributed by atoms with E-state index >= 15 is 0 Å². The molecule has 156 valence electrons. The van der Waals surface area contributed by atoms with E-state index in [0.29, 0.717) is 0 Å². The average molecular weight is 521 g/mol. The molecule has 2 aromatic rings. The summed E-state index contributed by atoms with van der Waals surface area (Å²) in [6.45, 7) is 5.09. The van der Waals surface area contributed by atoms with Crippen molar-refractivity contribution in [1.29, 1.82) is 0 Å². The summed E-state index contributed by atoms with van der Waals surface area (Å²) in [6.07, 6.45) is 2.71. The summed E-state index contributed by atoms with van der Waals surface area (Å²) in [5.74, 6) is 5.26. The Kier molecular flexibility index (Phi) is 7.70. The topological polar surface area (TPSA) is 0 Å². The number of thioether (sulfide) groups is 4. The van der Waals surface area contributed by atoms with E-state index in [-0.39, 0.29) is 5.82 Å². The van der Waals surface area contributed by atoms with E-state index < -0.39 is 13.3 Å². The quantitative estimate of drug-likeness (QED) is 0.353. The van der Waals surface area contributed by atoms with Gasteiger partial charge in [0.05, 0.1) is 0 Å². The molecule has 5 heteroatoms. The number of benzene rings is 2. The first-order valence-corrected chi connectivity index (χ1v) is 19.9. The van der Waals surface area contributed by atoms with Crippen LogP contribution in [0.3, 0.4) is 0 Å². The molecular formula is C24H32GeS4. The van der Waals surface area contributed by atoms with Gasteiger partial charge in [0.1, 0.15) is 0 Å². The van der Waals surface area contributed by atoms with Gasteiger partial charge in [0.2, 0.25) is 0 Å². The Morgan fingerprint density at radius 3 is 1.28 bits per heavy atom. The van der Waals surface area contributed by atoms with Crippen molar-refractivity contribution in [2.75, 3.05) is 23.0 Å². The zero-order chi connectivity index (χ0) is 20.2. The van der Waals surface area contributed by atoms with E-state index in [0.717, 1.165) is 0 Å². The van der Waals surface area contributed by atoms with E-state index in [1.807, 2.05) is 0 Å². The molecule has 2 aromatic carbocycles. The molecule has 0 N–H and O–H groups in total. The molecule has 0 bridgehead atoms. The molecule has 2 aliphatic rings. The van der Waals surface area contributed by atoms with Gasteiger partial charge in [-0.1, -0.05) is 0 Å². The van der Waals surface area contributed by atoms with E-state index in [4.69, 9.17) is 0 Å². The Morgan fingerprint density at radius 1 is 0.621 bits per heavy atom. The Hall–Kier alpha value is 0.383. The van der Waals surface area contributed by atoms with Crippen molar-refractivity contribution in [3.63, 3.8) is 0 Å². The minimum absolute atomic E-state index is 0.288. The second-order valence-electron chi connectivity index (χ2n) is 7.86. The second-order valence-corrected chi connectivity index (χ2v) is 27.3. The Bertz CT molecular complexity index is 700. The molecule has 0 aliphatic carbocycles. The summed E-state index contributed by atoms with van der Waals surface area (Å²) in [5.41, 5.74) is 3.22. The molecule has 0 spiro atoms. The summed E-state index contributed by atoms with van der Waals surface area (Å²) in [7, 11) is 0. The molecule has 0 nitrogen and oxygen atoms in total. The van der Waals surface area contributed by atoms with Crippen LogP contribution in [-0.2, 0) is 5.82 Å². The van der Waals surface area contributed by atoms with Gasteiger partial charge in [0, 0.05) is 0 Å². The molecule has 4 rings (SSSR count). The summed E-state index contributed by atoms with van der Waals surface area (Å²) in [6, 6.07) is 23.3. The first-order chi connectivity index (χ1) is 14.2. The van der Waals surface area contributed by atoms with E-state index in [9.17, 15) is 0 Å². The normalized spacial score (nSPS) is 21.6. The zero-order valence-electron chi connectivity index (χ0n) is 17.6. The van der Waals surface area contributed by atoms with Crippen LogP contribution < -0.4 is 0 Å². The predicted molar refractivity (Wildman–Crippen MR) is 142 cm³/mol. The van der Waals surface area contributed by atoms with Crippen LogP contribution in [-0.4, -0.2) is 36.3 Å². The Morgan fingerprint density at radius 2 is 0.966 bits per heavy atom. The third kappa shape index (κ3) is 3.77. The second kappa shape index (κ2) is 9.89. The molecule has 2 heterocycles. The van der Waals surface area contributed by atoms with Gasteiger partial charge >= 0.3 is 198 Å². The van der Waals surface area contributed by atoms with Gasteiger partial charge < -0.3 is 0 Å². The molecular weight excluding hydrogens is 489 g/mol. The van der Waals surface area contributed by atoms with Crippen LogP contribution in [0.1, 0.15) is 37.8 Å². The molecule has 0 atom stereocenters. The average Bonchev–Trinajstić information content (AvgIpc) is 2.82. The van der Waals surface area contributed by atoms with Crippen LogP contribution in [0, 0.1) is 0 Å². The maximum atomic E-state index is 2.55. The third-order valence-corrected chi connectivity index (χ3v) is 35.8. The van der Waals surface area contributed by atoms with Crippen LogP contribution in [0.25, 0.3) is 0 Å². The van der Waals surface area contributed by atoms with Crippen molar-refractivity contribution in [1.82, 2.24) is 0 Å². The SMILES string of the molecule is C[CH2][Ge]([CH2]C)([C]1(c2ccccc2)SCCCS1)[C]1(c2ccccc2)SCCCS1. The van der Waals surface area contributed by atoms with Gasteiger partial charge in [-0.25, -0.2) is 0 Å². The number of hydrogen-bond acceptors (Lipinski definition) is 4. The third-order valence-electron chi connectivity index (χ3n) is 6.57. The summed E-state index contributed by atoms with van der Waals surface area (Å²) in [4.78, 5) is 0. The van der Waals surface area contributed by atoms with Crippen LogP contribution in [0.5, 0.6) is 0 Å². The molecule has 0 aromatic heterocycles. The van der Waals surface area contributed by atoms with Crippen molar-refractivity contribution < 1.29 is 0 Å². The standard InChI is InChI=1S/C24H32GeS4/c1-3-25(4-2,23(26-17-11-18-27-23)21-13-7-5-8-14-21)24(28-19-12-20-29-24)22-15-9-6-10-16-22/h5-10,13-16H,3-4,11-12,17-20H2,1-2H3. The van der Waals surface area contributed by atoms with Crippen molar-refractivity contribution >= 4 is 60.3 Å². The van der Waals surface area contributed by atoms with Crippen molar-refractivity contribution in [2.24, 2.45) is 0 Å². The van der Waals surface area contributed by atoms with Gasteiger partial charge in [-0.3, -0.25) is 0 Å². The maximum absolute atomic E-state index is 2.59. The monoisotopic (exact) mass is 522 g/mol. The summed E-state index contributed by atoms with van der Waals surface area (Å²) < 4.78 is 0.576. The van der Waals surface area contributed by atoms with Crippen LogP contribution >= 0.6 is 47.0 Å². The van der Waals surface area contributed by atoms with E-state index in [1.54, 1.807) is 11.1 Å². The predicted octanol–water partition coefficient (Wildman–Crippen LogP) is 8.00. The van der Waals surface area contributed by atoms with Crippen molar-refractivity contribution in [3.8, 4) is 0 Å². The molecule has 0 radical (unpaired) electrons. The fourth-order valence-corrected chi connectivity index (χ4v) is 40.8. The molecule has 0 saturated carbocycles. The van der Waals surface area contributed by atoms with Crippen molar-refractivity contribution in [3.05, 3.63) is 71.8 Å². The van der Waals surface area contributed by atoms with Crippen LogP contribution in [0.4, 0.5) is 0 Å². The van der Waals surface area contributed by atoms with E-state index in [1.165, 1.54) is 46.4 Å².